The Morgan fingerprint density at radius 1 is 0.972 bits per heavy atom. The van der Waals surface area contributed by atoms with Gasteiger partial charge in [0.2, 0.25) is 0 Å². The lowest BCUT2D eigenvalue weighted by Gasteiger charge is -2.27. The summed E-state index contributed by atoms with van der Waals surface area (Å²) in [7, 11) is -4.12. The van der Waals surface area contributed by atoms with E-state index in [1.54, 1.807) is 43.3 Å². The molecule has 0 aromatic heterocycles. The number of barbiturate groups is 1. The van der Waals surface area contributed by atoms with E-state index in [9.17, 15) is 22.8 Å². The number of nitrogens with one attached hydrogen (secondary N) is 1. The van der Waals surface area contributed by atoms with Crippen LogP contribution in [0.4, 0.5) is 10.5 Å². The smallest absolute Gasteiger partial charge is 0.339 e. The lowest BCUT2D eigenvalue weighted by atomic mass is 10.1. The summed E-state index contributed by atoms with van der Waals surface area (Å²) in [6.07, 6.45) is 1.28. The van der Waals surface area contributed by atoms with Crippen LogP contribution in [0.25, 0.3) is 6.08 Å². The van der Waals surface area contributed by atoms with Crippen LogP contribution >= 0.6 is 43.5 Å². The maximum atomic E-state index is 13.2. The molecule has 3 aromatic carbocycles. The van der Waals surface area contributed by atoms with E-state index in [-0.39, 0.29) is 30.9 Å². The maximum absolute atomic E-state index is 13.2. The molecule has 8 nitrogen and oxygen atoms in total. The molecular formula is C24H15Br2ClN2O6S. The predicted octanol–water partition coefficient (Wildman–Crippen LogP) is 5.61. The van der Waals surface area contributed by atoms with Gasteiger partial charge in [0, 0.05) is 5.02 Å². The maximum Gasteiger partial charge on any atom is 0.339 e. The molecule has 184 valence electrons. The Balaban J connectivity index is 1.70. The van der Waals surface area contributed by atoms with Gasteiger partial charge in [-0.25, -0.2) is 9.69 Å². The van der Waals surface area contributed by atoms with Gasteiger partial charge in [0.25, 0.3) is 11.8 Å². The second-order valence-electron chi connectivity index (χ2n) is 7.51. The number of amides is 4. The van der Waals surface area contributed by atoms with Gasteiger partial charge in [0.05, 0.1) is 14.6 Å². The number of carbonyl (C=O) groups is 3. The average molecular weight is 655 g/mol. The predicted molar refractivity (Wildman–Crippen MR) is 141 cm³/mol. The number of halogens is 3. The van der Waals surface area contributed by atoms with E-state index in [1.165, 1.54) is 30.3 Å². The van der Waals surface area contributed by atoms with Crippen molar-refractivity contribution in [1.82, 2.24) is 5.32 Å². The second kappa shape index (κ2) is 10.2. The van der Waals surface area contributed by atoms with Crippen LogP contribution in [-0.4, -0.2) is 26.3 Å². The molecular weight excluding hydrogens is 640 g/mol. The molecule has 0 saturated carbocycles. The Hall–Kier alpha value is -2.99. The summed E-state index contributed by atoms with van der Waals surface area (Å²) in [5.74, 6) is -1.74. The average Bonchev–Trinajstić information content (AvgIpc) is 2.82. The number of nitrogens with zero attached hydrogens (tertiary/aromatic N) is 1. The first kappa shape index (κ1) is 26.1. The SMILES string of the molecule is Cc1c(Cl)cccc1N1C(=O)NC(=O)/C(=C\c2cc(Br)c(OS(=O)(=O)c3ccccc3)c(Br)c2)C1=O. The van der Waals surface area contributed by atoms with Crippen molar-refractivity contribution in [1.29, 1.82) is 0 Å². The summed E-state index contributed by atoms with van der Waals surface area (Å²) in [4.78, 5) is 39.0. The van der Waals surface area contributed by atoms with E-state index in [2.05, 4.69) is 37.2 Å². The molecule has 1 N–H and O–H groups in total. The number of hydrogen-bond donors (Lipinski definition) is 1. The van der Waals surface area contributed by atoms with Gasteiger partial charge >= 0.3 is 16.1 Å². The molecule has 1 fully saturated rings. The summed E-state index contributed by atoms with van der Waals surface area (Å²) in [6.45, 7) is 1.65. The van der Waals surface area contributed by atoms with E-state index < -0.39 is 28.0 Å². The molecule has 0 aliphatic carbocycles. The zero-order valence-corrected chi connectivity index (χ0v) is 23.0. The largest absolute Gasteiger partial charge is 0.377 e. The number of hydrogen-bond acceptors (Lipinski definition) is 6. The van der Waals surface area contributed by atoms with Gasteiger partial charge in [0.15, 0.2) is 5.75 Å². The Morgan fingerprint density at radius 2 is 1.61 bits per heavy atom. The fourth-order valence-electron chi connectivity index (χ4n) is 3.37. The van der Waals surface area contributed by atoms with Crippen LogP contribution in [0.15, 0.2) is 80.1 Å². The molecule has 1 aliphatic heterocycles. The highest BCUT2D eigenvalue weighted by molar-refractivity contribution is 9.11. The molecule has 12 heteroatoms. The van der Waals surface area contributed by atoms with E-state index in [1.807, 2.05) is 0 Å². The first-order chi connectivity index (χ1) is 17.0. The monoisotopic (exact) mass is 652 g/mol. The summed E-state index contributed by atoms with van der Waals surface area (Å²) < 4.78 is 31.0. The number of carbonyl (C=O) groups excluding carboxylic acids is 3. The molecule has 36 heavy (non-hydrogen) atoms. The molecule has 3 aromatic rings. The van der Waals surface area contributed by atoms with Gasteiger partial charge in [-0.2, -0.15) is 8.42 Å². The van der Waals surface area contributed by atoms with Crippen molar-refractivity contribution in [3.05, 3.63) is 91.3 Å². The molecule has 0 atom stereocenters. The van der Waals surface area contributed by atoms with Gasteiger partial charge in [-0.1, -0.05) is 35.9 Å². The van der Waals surface area contributed by atoms with Gasteiger partial charge in [0.1, 0.15) is 10.5 Å². The molecule has 0 spiro atoms. The van der Waals surface area contributed by atoms with E-state index in [0.29, 0.717) is 16.1 Å². The molecule has 0 radical (unpaired) electrons. The third-order valence-corrected chi connectivity index (χ3v) is 7.96. The summed E-state index contributed by atoms with van der Waals surface area (Å²) in [5, 5.41) is 2.50. The molecule has 0 unspecified atom stereocenters. The van der Waals surface area contributed by atoms with Crippen LogP contribution in [0.2, 0.25) is 5.02 Å². The van der Waals surface area contributed by atoms with Crippen molar-refractivity contribution < 1.29 is 27.0 Å². The second-order valence-corrected chi connectivity index (χ2v) is 11.2. The van der Waals surface area contributed by atoms with Crippen LogP contribution in [0.5, 0.6) is 5.75 Å². The normalized spacial score (nSPS) is 15.3. The number of urea groups is 1. The van der Waals surface area contributed by atoms with Crippen molar-refractivity contribution >= 4 is 83.2 Å². The van der Waals surface area contributed by atoms with Gasteiger partial charge < -0.3 is 4.18 Å². The highest BCUT2D eigenvalue weighted by atomic mass is 79.9. The Kier molecular flexibility index (Phi) is 7.37. The van der Waals surface area contributed by atoms with Crippen molar-refractivity contribution in [2.75, 3.05) is 4.90 Å². The fraction of sp³-hybridized carbons (Fsp3) is 0.0417. The van der Waals surface area contributed by atoms with E-state index in [4.69, 9.17) is 15.8 Å². The number of rotatable bonds is 5. The number of benzene rings is 3. The molecule has 4 amide bonds. The fourth-order valence-corrected chi connectivity index (χ4v) is 6.12. The van der Waals surface area contributed by atoms with Gasteiger partial charge in [-0.3, -0.25) is 14.9 Å². The third-order valence-electron chi connectivity index (χ3n) is 5.14. The lowest BCUT2D eigenvalue weighted by molar-refractivity contribution is -0.122. The van der Waals surface area contributed by atoms with Gasteiger partial charge in [-0.15, -0.1) is 0 Å². The van der Waals surface area contributed by atoms with Crippen molar-refractivity contribution in [3.8, 4) is 5.75 Å². The minimum atomic E-state index is -4.12. The molecule has 1 aliphatic rings. The third kappa shape index (κ3) is 5.10. The van der Waals surface area contributed by atoms with Crippen LogP contribution < -0.4 is 14.4 Å². The quantitative estimate of drug-likeness (QED) is 0.218. The minimum absolute atomic E-state index is 0.0215. The molecule has 1 heterocycles. The van der Waals surface area contributed by atoms with Crippen LogP contribution in [0.1, 0.15) is 11.1 Å². The highest BCUT2D eigenvalue weighted by Gasteiger charge is 2.37. The highest BCUT2D eigenvalue weighted by Crippen LogP contribution is 2.37. The van der Waals surface area contributed by atoms with Crippen LogP contribution in [0, 0.1) is 6.92 Å². The van der Waals surface area contributed by atoms with E-state index >= 15 is 0 Å². The topological polar surface area (TPSA) is 110 Å². The molecule has 1 saturated heterocycles. The minimum Gasteiger partial charge on any atom is -0.377 e. The van der Waals surface area contributed by atoms with Crippen LogP contribution in [0.3, 0.4) is 0 Å². The number of imide groups is 2. The standard InChI is InChI=1S/C24H15Br2ClN2O6S/c1-13-19(27)8-5-9-20(13)29-23(31)16(22(30)28-24(29)32)10-14-11-17(25)21(18(26)12-14)35-36(33,34)15-6-3-2-4-7-15/h2-12H,1H3,(H,28,30,32)/b16-10+. The van der Waals surface area contributed by atoms with Crippen molar-refractivity contribution in [2.45, 2.75) is 11.8 Å². The van der Waals surface area contributed by atoms with Crippen LogP contribution in [-0.2, 0) is 19.7 Å². The lowest BCUT2D eigenvalue weighted by Crippen LogP contribution is -2.54. The molecule has 4 rings (SSSR count). The summed E-state index contributed by atoms with van der Waals surface area (Å²) >= 11 is 12.7. The first-order valence-corrected chi connectivity index (χ1v) is 13.5. The van der Waals surface area contributed by atoms with E-state index in [0.717, 1.165) is 4.90 Å². The van der Waals surface area contributed by atoms with Gasteiger partial charge in [-0.05, 0) is 92.4 Å². The van der Waals surface area contributed by atoms with Crippen molar-refractivity contribution in [2.24, 2.45) is 0 Å². The Bertz CT molecular complexity index is 1540. The molecule has 0 bridgehead atoms. The Morgan fingerprint density at radius 3 is 2.25 bits per heavy atom. The summed E-state index contributed by atoms with van der Waals surface area (Å²) in [5.41, 5.74) is 0.774. The Labute approximate surface area is 228 Å². The van der Waals surface area contributed by atoms with Crippen molar-refractivity contribution in [3.63, 3.8) is 0 Å². The summed E-state index contributed by atoms with van der Waals surface area (Å²) in [6, 6.07) is 14.4. The number of anilines is 1. The zero-order valence-electron chi connectivity index (χ0n) is 18.3. The zero-order chi connectivity index (χ0) is 26.2. The first-order valence-electron chi connectivity index (χ1n) is 10.1.